The number of carboxylic acids is 1. The Morgan fingerprint density at radius 2 is 1.50 bits per heavy atom. The molecular formula is C18H20ClNO5S. The number of nitrogens with one attached hydrogen (secondary N) is 1. The normalized spacial score (nSPS) is 13.2. The zero-order chi connectivity index (χ0) is 19.5. The van der Waals surface area contributed by atoms with Gasteiger partial charge < -0.3 is 9.84 Å². The van der Waals surface area contributed by atoms with Crippen LogP contribution in [0.2, 0.25) is 5.02 Å². The lowest BCUT2D eigenvalue weighted by Gasteiger charge is -2.27. The van der Waals surface area contributed by atoms with Gasteiger partial charge in [-0.3, -0.25) is 4.79 Å². The van der Waals surface area contributed by atoms with Gasteiger partial charge in [-0.05, 0) is 53.9 Å². The summed E-state index contributed by atoms with van der Waals surface area (Å²) in [7, 11) is -3.99. The molecule has 0 aliphatic rings. The third kappa shape index (κ3) is 5.20. The fourth-order valence-electron chi connectivity index (χ4n) is 2.15. The highest BCUT2D eigenvalue weighted by Crippen LogP contribution is 2.25. The molecule has 0 bridgehead atoms. The number of aliphatic carboxylic acids is 1. The molecule has 1 atom stereocenters. The van der Waals surface area contributed by atoms with Gasteiger partial charge in [-0.15, -0.1) is 0 Å². The molecule has 0 radical (unpaired) electrons. The molecule has 0 saturated carbocycles. The minimum atomic E-state index is -3.99. The van der Waals surface area contributed by atoms with E-state index in [1.165, 1.54) is 24.3 Å². The predicted octanol–water partition coefficient (Wildman–Crippen LogP) is 3.91. The van der Waals surface area contributed by atoms with Gasteiger partial charge in [-0.2, -0.15) is 4.72 Å². The predicted molar refractivity (Wildman–Crippen MR) is 99.2 cm³/mol. The summed E-state index contributed by atoms with van der Waals surface area (Å²) in [6.45, 7) is 4.95. The van der Waals surface area contributed by atoms with E-state index in [0.29, 0.717) is 16.5 Å². The van der Waals surface area contributed by atoms with Crippen molar-refractivity contribution in [1.29, 1.82) is 0 Å². The van der Waals surface area contributed by atoms with Gasteiger partial charge in [0.15, 0.2) is 0 Å². The van der Waals surface area contributed by atoms with Crippen LogP contribution in [-0.2, 0) is 14.8 Å². The molecule has 140 valence electrons. The van der Waals surface area contributed by atoms with Gasteiger partial charge in [0, 0.05) is 5.02 Å². The first-order valence-electron chi connectivity index (χ1n) is 7.78. The molecular weight excluding hydrogens is 378 g/mol. The summed E-state index contributed by atoms with van der Waals surface area (Å²) < 4.78 is 32.8. The van der Waals surface area contributed by atoms with Crippen molar-refractivity contribution in [3.05, 3.63) is 53.6 Å². The van der Waals surface area contributed by atoms with Crippen molar-refractivity contribution in [2.45, 2.75) is 31.7 Å². The van der Waals surface area contributed by atoms with Crippen LogP contribution in [0.25, 0.3) is 0 Å². The van der Waals surface area contributed by atoms with Crippen LogP contribution in [0.4, 0.5) is 0 Å². The largest absolute Gasteiger partial charge is 0.480 e. The van der Waals surface area contributed by atoms with Gasteiger partial charge in [0.2, 0.25) is 10.0 Å². The second-order valence-electron chi connectivity index (χ2n) is 6.79. The lowest BCUT2D eigenvalue weighted by molar-refractivity contribution is -0.141. The highest BCUT2D eigenvalue weighted by Gasteiger charge is 2.35. The number of hydrogen-bond donors (Lipinski definition) is 2. The maximum Gasteiger partial charge on any atom is 0.322 e. The van der Waals surface area contributed by atoms with Crippen LogP contribution in [0.1, 0.15) is 20.8 Å². The van der Waals surface area contributed by atoms with Crippen LogP contribution in [-0.4, -0.2) is 25.5 Å². The Hall–Kier alpha value is -2.09. The van der Waals surface area contributed by atoms with E-state index in [9.17, 15) is 18.3 Å². The number of halogens is 1. The second-order valence-corrected chi connectivity index (χ2v) is 8.94. The summed E-state index contributed by atoms with van der Waals surface area (Å²) in [6, 6.07) is 11.2. The fourth-order valence-corrected chi connectivity index (χ4v) is 3.67. The summed E-state index contributed by atoms with van der Waals surface area (Å²) >= 11 is 5.81. The Labute approximate surface area is 157 Å². The van der Waals surface area contributed by atoms with E-state index >= 15 is 0 Å². The van der Waals surface area contributed by atoms with E-state index < -0.39 is 27.4 Å². The average Bonchev–Trinajstić information content (AvgIpc) is 2.54. The van der Waals surface area contributed by atoms with Crippen molar-refractivity contribution < 1.29 is 23.1 Å². The number of carbonyl (C=O) groups is 1. The van der Waals surface area contributed by atoms with Crippen molar-refractivity contribution in [3.63, 3.8) is 0 Å². The number of hydrogen-bond acceptors (Lipinski definition) is 4. The van der Waals surface area contributed by atoms with Gasteiger partial charge in [0.1, 0.15) is 17.5 Å². The average molecular weight is 398 g/mol. The second kappa shape index (κ2) is 7.65. The van der Waals surface area contributed by atoms with Gasteiger partial charge in [0.25, 0.3) is 0 Å². The topological polar surface area (TPSA) is 92.7 Å². The smallest absolute Gasteiger partial charge is 0.322 e. The van der Waals surface area contributed by atoms with Gasteiger partial charge in [0.05, 0.1) is 4.90 Å². The first-order chi connectivity index (χ1) is 12.0. The summed E-state index contributed by atoms with van der Waals surface area (Å²) in [5.41, 5.74) is -0.781. The summed E-state index contributed by atoms with van der Waals surface area (Å²) in [6.07, 6.45) is 0. The standard InChI is InChI=1S/C18H20ClNO5S/c1-18(2,3)16(17(21)22)20-26(23,24)15-10-8-14(9-11-15)25-13-6-4-12(19)5-7-13/h4-11,16,20H,1-3H3,(H,21,22). The van der Waals surface area contributed by atoms with Crippen molar-refractivity contribution in [2.75, 3.05) is 0 Å². The minimum absolute atomic E-state index is 0.0449. The quantitative estimate of drug-likeness (QED) is 0.770. The molecule has 0 saturated heterocycles. The van der Waals surface area contributed by atoms with Crippen LogP contribution < -0.4 is 9.46 Å². The number of ether oxygens (including phenoxy) is 1. The molecule has 2 aromatic carbocycles. The maximum absolute atomic E-state index is 12.5. The van der Waals surface area contributed by atoms with Crippen LogP contribution in [0.15, 0.2) is 53.4 Å². The number of rotatable bonds is 6. The molecule has 0 fully saturated rings. The van der Waals surface area contributed by atoms with E-state index in [4.69, 9.17) is 16.3 Å². The molecule has 2 rings (SSSR count). The summed E-state index contributed by atoms with van der Waals surface area (Å²) in [4.78, 5) is 11.3. The summed E-state index contributed by atoms with van der Waals surface area (Å²) in [5.74, 6) is -0.234. The number of benzene rings is 2. The monoisotopic (exact) mass is 397 g/mol. The molecule has 0 heterocycles. The number of carboxylic acid groups (broad SMARTS) is 1. The molecule has 6 nitrogen and oxygen atoms in total. The molecule has 0 amide bonds. The minimum Gasteiger partial charge on any atom is -0.480 e. The Morgan fingerprint density at radius 1 is 1.04 bits per heavy atom. The SMILES string of the molecule is CC(C)(C)C(NS(=O)(=O)c1ccc(Oc2ccc(Cl)cc2)cc1)C(=O)O. The van der Waals surface area contributed by atoms with E-state index in [1.54, 1.807) is 45.0 Å². The Morgan fingerprint density at radius 3 is 1.92 bits per heavy atom. The molecule has 1 unspecified atom stereocenters. The molecule has 0 aromatic heterocycles. The van der Waals surface area contributed by atoms with Crippen LogP contribution >= 0.6 is 11.6 Å². The fraction of sp³-hybridized carbons (Fsp3) is 0.278. The highest BCUT2D eigenvalue weighted by molar-refractivity contribution is 7.89. The zero-order valence-corrected chi connectivity index (χ0v) is 16.1. The van der Waals surface area contributed by atoms with Crippen LogP contribution in [0.3, 0.4) is 0 Å². The van der Waals surface area contributed by atoms with Crippen molar-refractivity contribution in [1.82, 2.24) is 4.72 Å². The van der Waals surface area contributed by atoms with E-state index in [-0.39, 0.29) is 4.90 Å². The Kier molecular flexibility index (Phi) is 5.95. The van der Waals surface area contributed by atoms with Crippen molar-refractivity contribution in [2.24, 2.45) is 5.41 Å². The van der Waals surface area contributed by atoms with E-state index in [2.05, 4.69) is 4.72 Å². The third-order valence-electron chi connectivity index (χ3n) is 3.57. The summed E-state index contributed by atoms with van der Waals surface area (Å²) in [5, 5.41) is 9.87. The Balaban J connectivity index is 2.18. The van der Waals surface area contributed by atoms with Crippen LogP contribution in [0.5, 0.6) is 11.5 Å². The van der Waals surface area contributed by atoms with Gasteiger partial charge in [-0.25, -0.2) is 8.42 Å². The Bertz CT molecular complexity index is 871. The van der Waals surface area contributed by atoms with E-state index in [1.807, 2.05) is 0 Å². The third-order valence-corrected chi connectivity index (χ3v) is 5.26. The van der Waals surface area contributed by atoms with Gasteiger partial charge >= 0.3 is 5.97 Å². The number of sulfonamides is 1. The molecule has 0 spiro atoms. The van der Waals surface area contributed by atoms with Crippen molar-refractivity contribution >= 4 is 27.6 Å². The first kappa shape index (κ1) is 20.2. The molecule has 0 aliphatic carbocycles. The molecule has 8 heteroatoms. The van der Waals surface area contributed by atoms with E-state index in [0.717, 1.165) is 0 Å². The molecule has 26 heavy (non-hydrogen) atoms. The van der Waals surface area contributed by atoms with Crippen LogP contribution in [0, 0.1) is 5.41 Å². The zero-order valence-electron chi connectivity index (χ0n) is 14.6. The van der Waals surface area contributed by atoms with Crippen molar-refractivity contribution in [3.8, 4) is 11.5 Å². The maximum atomic E-state index is 12.5. The van der Waals surface area contributed by atoms with Gasteiger partial charge in [-0.1, -0.05) is 32.4 Å². The molecule has 2 aromatic rings. The lowest BCUT2D eigenvalue weighted by atomic mass is 9.88. The highest BCUT2D eigenvalue weighted by atomic mass is 35.5. The first-order valence-corrected chi connectivity index (χ1v) is 9.64. The molecule has 0 aliphatic heterocycles. The molecule has 2 N–H and O–H groups in total. The lowest BCUT2D eigenvalue weighted by Crippen LogP contribution is -2.48.